The van der Waals surface area contributed by atoms with Crippen molar-refractivity contribution in [3.63, 3.8) is 0 Å². The van der Waals surface area contributed by atoms with E-state index in [-0.39, 0.29) is 6.04 Å². The molecule has 1 aromatic heterocycles. The Hall–Kier alpha value is -0.870. The highest BCUT2D eigenvalue weighted by Gasteiger charge is 2.07. The molecule has 2 N–H and O–H groups in total. The van der Waals surface area contributed by atoms with E-state index >= 15 is 0 Å². The van der Waals surface area contributed by atoms with Gasteiger partial charge in [0, 0.05) is 37.6 Å². The highest BCUT2D eigenvalue weighted by molar-refractivity contribution is 5.09. The normalized spacial score (nSPS) is 13.1. The number of rotatable bonds is 6. The van der Waals surface area contributed by atoms with Crippen molar-refractivity contribution in [2.45, 2.75) is 32.9 Å². The van der Waals surface area contributed by atoms with Gasteiger partial charge in [-0.2, -0.15) is 5.10 Å². The van der Waals surface area contributed by atoms with E-state index in [2.05, 4.69) is 12.0 Å². The number of hydrogen-bond acceptors (Lipinski definition) is 3. The molecule has 0 aliphatic rings. The molecule has 1 atom stereocenters. The second-order valence-corrected chi connectivity index (χ2v) is 3.22. The second-order valence-electron chi connectivity index (χ2n) is 3.22. The van der Waals surface area contributed by atoms with Crippen LogP contribution >= 0.6 is 0 Å². The monoisotopic (exact) mass is 197 g/mol. The molecule has 80 valence electrons. The predicted octanol–water partition coefficient (Wildman–Crippen LogP) is 1.33. The van der Waals surface area contributed by atoms with Crippen molar-refractivity contribution in [1.82, 2.24) is 9.78 Å². The van der Waals surface area contributed by atoms with Crippen molar-refractivity contribution in [3.8, 4) is 0 Å². The lowest BCUT2D eigenvalue weighted by Gasteiger charge is -2.08. The van der Waals surface area contributed by atoms with Crippen LogP contribution in [0.3, 0.4) is 0 Å². The first-order valence-corrected chi connectivity index (χ1v) is 5.13. The first-order valence-electron chi connectivity index (χ1n) is 5.13. The molecule has 4 heteroatoms. The molecule has 0 spiro atoms. The zero-order valence-corrected chi connectivity index (χ0v) is 8.94. The quantitative estimate of drug-likeness (QED) is 0.700. The van der Waals surface area contributed by atoms with Crippen molar-refractivity contribution in [1.29, 1.82) is 0 Å². The van der Waals surface area contributed by atoms with Crippen LogP contribution in [0.15, 0.2) is 12.4 Å². The van der Waals surface area contributed by atoms with Gasteiger partial charge in [-0.25, -0.2) is 0 Å². The number of ether oxygens (including phenoxy) is 1. The van der Waals surface area contributed by atoms with Crippen LogP contribution < -0.4 is 5.73 Å². The van der Waals surface area contributed by atoms with E-state index in [9.17, 15) is 0 Å². The molecular weight excluding hydrogens is 178 g/mol. The third-order valence-electron chi connectivity index (χ3n) is 2.18. The van der Waals surface area contributed by atoms with Gasteiger partial charge < -0.3 is 10.5 Å². The van der Waals surface area contributed by atoms with E-state index in [0.29, 0.717) is 0 Å². The van der Waals surface area contributed by atoms with E-state index < -0.39 is 0 Å². The Morgan fingerprint density at radius 3 is 2.93 bits per heavy atom. The van der Waals surface area contributed by atoms with Crippen LogP contribution in [0, 0.1) is 0 Å². The Kier molecular flexibility index (Phi) is 4.62. The minimum absolute atomic E-state index is 0.0434. The van der Waals surface area contributed by atoms with Crippen molar-refractivity contribution < 1.29 is 4.74 Å². The van der Waals surface area contributed by atoms with Crippen molar-refractivity contribution in [2.24, 2.45) is 5.73 Å². The smallest absolute Gasteiger partial charge is 0.0537 e. The Morgan fingerprint density at radius 2 is 2.36 bits per heavy atom. The first kappa shape index (κ1) is 11.2. The van der Waals surface area contributed by atoms with E-state index in [1.54, 1.807) is 0 Å². The molecule has 1 aromatic rings. The summed E-state index contributed by atoms with van der Waals surface area (Å²) in [4.78, 5) is 0. The molecule has 0 saturated carbocycles. The highest BCUT2D eigenvalue weighted by Crippen LogP contribution is 2.12. The second kappa shape index (κ2) is 5.78. The predicted molar refractivity (Wildman–Crippen MR) is 55.9 cm³/mol. The summed E-state index contributed by atoms with van der Waals surface area (Å²) in [5.74, 6) is 0. The third kappa shape index (κ3) is 3.12. The molecule has 1 rings (SSSR count). The molecule has 0 fully saturated rings. The van der Waals surface area contributed by atoms with Gasteiger partial charge in [0.25, 0.3) is 0 Å². The van der Waals surface area contributed by atoms with E-state index in [1.165, 1.54) is 0 Å². The summed E-state index contributed by atoms with van der Waals surface area (Å²) in [6, 6.07) is 0.0434. The maximum Gasteiger partial charge on any atom is 0.0537 e. The van der Waals surface area contributed by atoms with Gasteiger partial charge in [0.05, 0.1) is 6.20 Å². The zero-order valence-electron chi connectivity index (χ0n) is 8.94. The summed E-state index contributed by atoms with van der Waals surface area (Å²) < 4.78 is 7.14. The zero-order chi connectivity index (χ0) is 10.4. The van der Waals surface area contributed by atoms with Crippen molar-refractivity contribution in [2.75, 3.05) is 13.2 Å². The molecule has 0 aromatic carbocycles. The fourth-order valence-electron chi connectivity index (χ4n) is 1.27. The van der Waals surface area contributed by atoms with Gasteiger partial charge in [0.2, 0.25) is 0 Å². The topological polar surface area (TPSA) is 53.1 Å². The van der Waals surface area contributed by atoms with Crippen LogP contribution in [0.25, 0.3) is 0 Å². The molecule has 0 aliphatic heterocycles. The maximum atomic E-state index is 5.97. The van der Waals surface area contributed by atoms with Crippen LogP contribution in [-0.2, 0) is 11.3 Å². The van der Waals surface area contributed by atoms with Gasteiger partial charge in [0.1, 0.15) is 0 Å². The molecule has 1 unspecified atom stereocenters. The number of hydrogen-bond donors (Lipinski definition) is 1. The lowest BCUT2D eigenvalue weighted by molar-refractivity contribution is 0.140. The van der Waals surface area contributed by atoms with Gasteiger partial charge in [-0.15, -0.1) is 0 Å². The molecule has 0 aliphatic carbocycles. The van der Waals surface area contributed by atoms with E-state index in [1.807, 2.05) is 24.0 Å². The largest absolute Gasteiger partial charge is 0.382 e. The first-order chi connectivity index (χ1) is 6.77. The number of nitrogens with zero attached hydrogens (tertiary/aromatic N) is 2. The molecule has 4 nitrogen and oxygen atoms in total. The Labute approximate surface area is 85.0 Å². The fourth-order valence-corrected chi connectivity index (χ4v) is 1.27. The van der Waals surface area contributed by atoms with Gasteiger partial charge >= 0.3 is 0 Å². The summed E-state index contributed by atoms with van der Waals surface area (Å²) >= 11 is 0. The molecule has 0 radical (unpaired) electrons. The number of aromatic nitrogens is 2. The summed E-state index contributed by atoms with van der Waals surface area (Å²) in [6.07, 6.45) is 4.68. The van der Waals surface area contributed by atoms with E-state index in [4.69, 9.17) is 10.5 Å². The highest BCUT2D eigenvalue weighted by atomic mass is 16.5. The third-order valence-corrected chi connectivity index (χ3v) is 2.18. The Bertz CT molecular complexity index is 260. The fraction of sp³-hybridized carbons (Fsp3) is 0.700. The summed E-state index contributed by atoms with van der Waals surface area (Å²) in [5.41, 5.74) is 7.06. The molecule has 1 heterocycles. The Balaban J connectivity index is 2.39. The van der Waals surface area contributed by atoms with Crippen LogP contribution in [0.4, 0.5) is 0 Å². The molecule has 0 saturated heterocycles. The molecular formula is C10H19N3O. The van der Waals surface area contributed by atoms with Gasteiger partial charge in [-0.1, -0.05) is 0 Å². The number of aryl methyl sites for hydroxylation is 1. The molecule has 14 heavy (non-hydrogen) atoms. The lowest BCUT2D eigenvalue weighted by atomic mass is 10.1. The van der Waals surface area contributed by atoms with Crippen LogP contribution in [0.2, 0.25) is 0 Å². The molecule has 0 bridgehead atoms. The standard InChI is InChI=1S/C10H19N3O/c1-3-13-8-9(7-12-13)10(11)5-6-14-4-2/h7-8,10H,3-6,11H2,1-2H3. The van der Waals surface area contributed by atoms with Crippen LogP contribution in [-0.4, -0.2) is 23.0 Å². The minimum Gasteiger partial charge on any atom is -0.382 e. The average Bonchev–Trinajstić information content (AvgIpc) is 2.66. The van der Waals surface area contributed by atoms with E-state index in [0.717, 1.165) is 31.7 Å². The maximum absolute atomic E-state index is 5.97. The van der Waals surface area contributed by atoms with Gasteiger partial charge in [-0.05, 0) is 20.3 Å². The Morgan fingerprint density at radius 1 is 1.57 bits per heavy atom. The summed E-state index contributed by atoms with van der Waals surface area (Å²) in [5, 5.41) is 4.18. The van der Waals surface area contributed by atoms with Gasteiger partial charge in [0.15, 0.2) is 0 Å². The van der Waals surface area contributed by atoms with Crippen LogP contribution in [0.5, 0.6) is 0 Å². The SMILES string of the molecule is CCOCCC(N)c1cnn(CC)c1. The van der Waals surface area contributed by atoms with Crippen molar-refractivity contribution >= 4 is 0 Å². The minimum atomic E-state index is 0.0434. The summed E-state index contributed by atoms with van der Waals surface area (Å²) in [6.45, 7) is 6.40. The number of nitrogens with two attached hydrogens (primary N) is 1. The molecule has 0 amide bonds. The van der Waals surface area contributed by atoms with Crippen molar-refractivity contribution in [3.05, 3.63) is 18.0 Å². The lowest BCUT2D eigenvalue weighted by Crippen LogP contribution is -2.12. The van der Waals surface area contributed by atoms with Gasteiger partial charge in [-0.3, -0.25) is 4.68 Å². The van der Waals surface area contributed by atoms with Crippen LogP contribution in [0.1, 0.15) is 31.9 Å². The average molecular weight is 197 g/mol. The summed E-state index contributed by atoms with van der Waals surface area (Å²) in [7, 11) is 0.